The Labute approximate surface area is 151 Å². The molecule has 0 aliphatic rings. The average Bonchev–Trinajstić information content (AvgIpc) is 2.58. The van der Waals surface area contributed by atoms with Gasteiger partial charge >= 0.3 is 5.97 Å². The zero-order valence-corrected chi connectivity index (χ0v) is 16.5. The molecule has 3 heteroatoms. The molecule has 0 heterocycles. The van der Waals surface area contributed by atoms with Crippen molar-refractivity contribution in [3.63, 3.8) is 0 Å². The third kappa shape index (κ3) is 19.5. The minimum atomic E-state index is -0.0917. The van der Waals surface area contributed by atoms with Crippen molar-refractivity contribution in [1.29, 1.82) is 0 Å². The topological polar surface area (TPSA) is 38.3 Å². The Morgan fingerprint density at radius 1 is 0.667 bits per heavy atom. The second-order valence-corrected chi connectivity index (χ2v) is 6.90. The summed E-state index contributed by atoms with van der Waals surface area (Å²) in [4.78, 5) is 11.1. The molecule has 24 heavy (non-hydrogen) atoms. The van der Waals surface area contributed by atoms with Crippen LogP contribution in [0.4, 0.5) is 0 Å². The van der Waals surface area contributed by atoms with E-state index >= 15 is 0 Å². The van der Waals surface area contributed by atoms with Crippen LogP contribution in [0.1, 0.15) is 110 Å². The van der Waals surface area contributed by atoms with Gasteiger partial charge < -0.3 is 10.1 Å². The van der Waals surface area contributed by atoms with Gasteiger partial charge in [0.15, 0.2) is 0 Å². The van der Waals surface area contributed by atoms with Gasteiger partial charge in [0.25, 0.3) is 0 Å². The van der Waals surface area contributed by atoms with E-state index in [-0.39, 0.29) is 5.97 Å². The summed E-state index contributed by atoms with van der Waals surface area (Å²) in [5.41, 5.74) is 0. The lowest BCUT2D eigenvalue weighted by Gasteiger charge is -2.05. The number of carbonyl (C=O) groups excluding carboxylic acids is 1. The fourth-order valence-electron chi connectivity index (χ4n) is 2.99. The largest absolute Gasteiger partial charge is 0.466 e. The zero-order valence-electron chi connectivity index (χ0n) is 16.5. The molecule has 0 fully saturated rings. The Balaban J connectivity index is 3.01. The second-order valence-electron chi connectivity index (χ2n) is 6.90. The van der Waals surface area contributed by atoms with Gasteiger partial charge in [0, 0.05) is 6.54 Å². The van der Waals surface area contributed by atoms with E-state index in [1.165, 1.54) is 89.9 Å². The molecule has 144 valence electrons. The van der Waals surface area contributed by atoms with Crippen LogP contribution < -0.4 is 5.32 Å². The maximum Gasteiger partial charge on any atom is 0.307 e. The van der Waals surface area contributed by atoms with Crippen molar-refractivity contribution in [1.82, 2.24) is 5.32 Å². The molecule has 0 saturated carbocycles. The molecule has 0 unspecified atom stereocenters. The predicted octanol–water partition coefficient (Wildman–Crippen LogP) is 6.01. The van der Waals surface area contributed by atoms with Crippen molar-refractivity contribution in [3.05, 3.63) is 0 Å². The van der Waals surface area contributed by atoms with E-state index in [0.717, 1.165) is 13.1 Å². The van der Waals surface area contributed by atoms with Crippen molar-refractivity contribution in [2.24, 2.45) is 0 Å². The van der Waals surface area contributed by atoms with Crippen LogP contribution in [0.2, 0.25) is 0 Å². The van der Waals surface area contributed by atoms with E-state index in [0.29, 0.717) is 13.0 Å². The van der Waals surface area contributed by atoms with Gasteiger partial charge in [0.2, 0.25) is 0 Å². The first-order chi connectivity index (χ1) is 11.8. The van der Waals surface area contributed by atoms with Crippen molar-refractivity contribution in [2.75, 3.05) is 19.7 Å². The van der Waals surface area contributed by atoms with Gasteiger partial charge in [-0.05, 0) is 19.9 Å². The highest BCUT2D eigenvalue weighted by Crippen LogP contribution is 2.12. The number of nitrogens with one attached hydrogen (secondary N) is 1. The Bertz CT molecular complexity index is 256. The number of rotatable bonds is 19. The Morgan fingerprint density at radius 2 is 1.12 bits per heavy atom. The van der Waals surface area contributed by atoms with Gasteiger partial charge in [-0.25, -0.2) is 0 Å². The number of carbonyl (C=O) groups is 1. The lowest BCUT2D eigenvalue weighted by Crippen LogP contribution is -2.20. The molecule has 0 amide bonds. The third-order valence-corrected chi connectivity index (χ3v) is 4.52. The van der Waals surface area contributed by atoms with E-state index in [9.17, 15) is 4.79 Å². The fraction of sp³-hybridized carbons (Fsp3) is 0.952. The molecular formula is C21H43NO2. The molecule has 3 nitrogen and oxygen atoms in total. The van der Waals surface area contributed by atoms with E-state index in [2.05, 4.69) is 12.2 Å². The van der Waals surface area contributed by atoms with Crippen LogP contribution >= 0.6 is 0 Å². The van der Waals surface area contributed by atoms with Gasteiger partial charge in [-0.15, -0.1) is 0 Å². The summed E-state index contributed by atoms with van der Waals surface area (Å²) in [6, 6.07) is 0. The Morgan fingerprint density at radius 3 is 1.58 bits per heavy atom. The maximum absolute atomic E-state index is 11.1. The highest BCUT2D eigenvalue weighted by Gasteiger charge is 1.99. The number of ether oxygens (including phenoxy) is 1. The Hall–Kier alpha value is -0.570. The number of unbranched alkanes of at least 4 members (excludes halogenated alkanes) is 13. The molecule has 0 aliphatic heterocycles. The first kappa shape index (κ1) is 23.4. The summed E-state index contributed by atoms with van der Waals surface area (Å²) in [5, 5.41) is 3.32. The van der Waals surface area contributed by atoms with Crippen molar-refractivity contribution >= 4 is 5.97 Å². The van der Waals surface area contributed by atoms with Crippen LogP contribution in [0.15, 0.2) is 0 Å². The van der Waals surface area contributed by atoms with Gasteiger partial charge in [-0.1, -0.05) is 90.4 Å². The summed E-state index contributed by atoms with van der Waals surface area (Å²) in [7, 11) is 0. The number of esters is 1. The van der Waals surface area contributed by atoms with Crippen LogP contribution in [0.5, 0.6) is 0 Å². The minimum absolute atomic E-state index is 0.0917. The van der Waals surface area contributed by atoms with Crippen LogP contribution in [-0.2, 0) is 9.53 Å². The molecule has 0 saturated heterocycles. The van der Waals surface area contributed by atoms with E-state index in [1.807, 2.05) is 6.92 Å². The normalized spacial score (nSPS) is 10.9. The first-order valence-electron chi connectivity index (χ1n) is 10.7. The fourth-order valence-corrected chi connectivity index (χ4v) is 2.99. The summed E-state index contributed by atoms with van der Waals surface area (Å²) in [6.45, 7) is 6.38. The first-order valence-corrected chi connectivity index (χ1v) is 10.7. The van der Waals surface area contributed by atoms with E-state index in [1.54, 1.807) is 0 Å². The third-order valence-electron chi connectivity index (χ3n) is 4.52. The van der Waals surface area contributed by atoms with E-state index in [4.69, 9.17) is 4.74 Å². The number of hydrogen-bond acceptors (Lipinski definition) is 3. The molecule has 0 aromatic rings. The van der Waals surface area contributed by atoms with Gasteiger partial charge in [-0.2, -0.15) is 0 Å². The van der Waals surface area contributed by atoms with Crippen LogP contribution in [0, 0.1) is 0 Å². The average molecular weight is 342 g/mol. The summed E-state index contributed by atoms with van der Waals surface area (Å²) < 4.78 is 4.89. The highest BCUT2D eigenvalue weighted by atomic mass is 16.5. The molecule has 0 bridgehead atoms. The second kappa shape index (κ2) is 20.5. The zero-order chi connectivity index (χ0) is 17.7. The summed E-state index contributed by atoms with van der Waals surface area (Å²) >= 11 is 0. The smallest absolute Gasteiger partial charge is 0.307 e. The molecule has 1 N–H and O–H groups in total. The molecule has 0 radical (unpaired) electrons. The van der Waals surface area contributed by atoms with Gasteiger partial charge in [-0.3, -0.25) is 4.79 Å². The Kier molecular flexibility index (Phi) is 20.0. The molecule has 0 atom stereocenters. The number of hydrogen-bond donors (Lipinski definition) is 1. The SMILES string of the molecule is CCCCCCCCCCCCCCCCNCCC(=O)OCC. The summed E-state index contributed by atoms with van der Waals surface area (Å²) in [5.74, 6) is -0.0917. The van der Waals surface area contributed by atoms with Gasteiger partial charge in [0.1, 0.15) is 0 Å². The molecule has 0 aromatic heterocycles. The lowest BCUT2D eigenvalue weighted by molar-refractivity contribution is -0.142. The van der Waals surface area contributed by atoms with Gasteiger partial charge in [0.05, 0.1) is 13.0 Å². The van der Waals surface area contributed by atoms with E-state index < -0.39 is 0 Å². The molecule has 0 aliphatic carbocycles. The van der Waals surface area contributed by atoms with Crippen LogP contribution in [-0.4, -0.2) is 25.7 Å². The molecule has 0 rings (SSSR count). The quantitative estimate of drug-likeness (QED) is 0.231. The maximum atomic E-state index is 11.1. The standard InChI is InChI=1S/C21H43NO2/c1-3-5-6-7-8-9-10-11-12-13-14-15-16-17-19-22-20-18-21(23)24-4-2/h22H,3-20H2,1-2H3. The lowest BCUT2D eigenvalue weighted by atomic mass is 10.0. The minimum Gasteiger partial charge on any atom is -0.466 e. The predicted molar refractivity (Wildman–Crippen MR) is 104 cm³/mol. The summed E-state index contributed by atoms with van der Waals surface area (Å²) in [6.07, 6.45) is 20.0. The molecule has 0 spiro atoms. The van der Waals surface area contributed by atoms with Crippen molar-refractivity contribution < 1.29 is 9.53 Å². The van der Waals surface area contributed by atoms with Crippen molar-refractivity contribution in [2.45, 2.75) is 110 Å². The molecule has 0 aromatic carbocycles. The monoisotopic (exact) mass is 341 g/mol. The highest BCUT2D eigenvalue weighted by molar-refractivity contribution is 5.69. The van der Waals surface area contributed by atoms with Crippen LogP contribution in [0.25, 0.3) is 0 Å². The van der Waals surface area contributed by atoms with Crippen molar-refractivity contribution in [3.8, 4) is 0 Å². The molecular weight excluding hydrogens is 298 g/mol. The van der Waals surface area contributed by atoms with Crippen LogP contribution in [0.3, 0.4) is 0 Å².